The van der Waals surface area contributed by atoms with Gasteiger partial charge in [0.2, 0.25) is 10.0 Å². The van der Waals surface area contributed by atoms with Gasteiger partial charge in [0.05, 0.1) is 11.3 Å². The van der Waals surface area contributed by atoms with Crippen LogP contribution in [-0.2, 0) is 28.1 Å². The van der Waals surface area contributed by atoms with E-state index in [2.05, 4.69) is 26.2 Å². The third-order valence-electron chi connectivity index (χ3n) is 3.12. The molecule has 0 atom stereocenters. The highest BCUT2D eigenvalue weighted by Gasteiger charge is 2.29. The molecular weight excluding hydrogens is 411 g/mol. The van der Waals surface area contributed by atoms with Gasteiger partial charge in [-0.2, -0.15) is 13.2 Å². The van der Waals surface area contributed by atoms with Gasteiger partial charge in [0, 0.05) is 11.9 Å². The fraction of sp³-hybridized carbons (Fsp3) is 0.214. The molecule has 130 valence electrons. The number of benzene rings is 1. The van der Waals surface area contributed by atoms with Crippen molar-refractivity contribution in [3.8, 4) is 0 Å². The van der Waals surface area contributed by atoms with E-state index in [4.69, 9.17) is 5.14 Å². The third kappa shape index (κ3) is 4.68. The Bertz CT molecular complexity index is 824. The van der Waals surface area contributed by atoms with E-state index in [-0.39, 0.29) is 22.5 Å². The number of nitrogens with zero attached hydrogens (tertiary/aromatic N) is 1. The maximum absolute atomic E-state index is 12.5. The van der Waals surface area contributed by atoms with E-state index in [9.17, 15) is 21.6 Å². The van der Waals surface area contributed by atoms with Crippen LogP contribution in [0.5, 0.6) is 0 Å². The topological polar surface area (TPSA) is 85.1 Å². The molecule has 1 aromatic carbocycles. The Morgan fingerprint density at radius 2 is 1.75 bits per heavy atom. The molecule has 0 unspecified atom stereocenters. The van der Waals surface area contributed by atoms with Gasteiger partial charge in [-0.05, 0) is 29.8 Å². The number of halogens is 4. The van der Waals surface area contributed by atoms with Gasteiger partial charge in [-0.15, -0.1) is 0 Å². The molecule has 0 aliphatic carbocycles. The molecular formula is C14H13BrF3N3O2S. The highest BCUT2D eigenvalue weighted by molar-refractivity contribution is 9.08. The molecule has 2 aromatic rings. The molecule has 0 amide bonds. The van der Waals surface area contributed by atoms with Gasteiger partial charge in [-0.1, -0.05) is 28.1 Å². The summed E-state index contributed by atoms with van der Waals surface area (Å²) in [6.45, 7) is 0.238. The Kier molecular flexibility index (Phi) is 5.51. The zero-order valence-corrected chi connectivity index (χ0v) is 14.5. The molecule has 1 aromatic heterocycles. The lowest BCUT2D eigenvalue weighted by atomic mass is 10.1. The van der Waals surface area contributed by atoms with Crippen molar-refractivity contribution in [3.05, 3.63) is 53.2 Å². The molecule has 3 N–H and O–H groups in total. The van der Waals surface area contributed by atoms with Crippen LogP contribution in [-0.4, -0.2) is 13.4 Å². The molecule has 0 aliphatic rings. The number of pyridine rings is 1. The molecule has 0 fully saturated rings. The zero-order valence-electron chi connectivity index (χ0n) is 12.1. The third-order valence-corrected chi connectivity index (χ3v) is 4.64. The second kappa shape index (κ2) is 7.08. The molecule has 2 rings (SSSR count). The van der Waals surface area contributed by atoms with Crippen molar-refractivity contribution < 1.29 is 21.6 Å². The van der Waals surface area contributed by atoms with E-state index in [1.54, 1.807) is 0 Å². The maximum Gasteiger partial charge on any atom is 0.416 e. The van der Waals surface area contributed by atoms with Crippen LogP contribution < -0.4 is 10.5 Å². The summed E-state index contributed by atoms with van der Waals surface area (Å²) in [6, 6.07) is 7.49. The molecule has 0 aliphatic heterocycles. The number of rotatable bonds is 5. The lowest BCUT2D eigenvalue weighted by molar-refractivity contribution is -0.137. The quantitative estimate of drug-likeness (QED) is 0.722. The molecule has 24 heavy (non-hydrogen) atoms. The monoisotopic (exact) mass is 423 g/mol. The Morgan fingerprint density at radius 3 is 2.25 bits per heavy atom. The van der Waals surface area contributed by atoms with Gasteiger partial charge in [-0.25, -0.2) is 18.5 Å². The van der Waals surface area contributed by atoms with Crippen molar-refractivity contribution in [2.45, 2.75) is 22.9 Å². The fourth-order valence-electron chi connectivity index (χ4n) is 1.95. The molecule has 5 nitrogen and oxygen atoms in total. The summed E-state index contributed by atoms with van der Waals surface area (Å²) in [7, 11) is -3.88. The van der Waals surface area contributed by atoms with Crippen molar-refractivity contribution in [2.75, 3.05) is 5.32 Å². The predicted octanol–water partition coefficient (Wildman–Crippen LogP) is 3.25. The lowest BCUT2D eigenvalue weighted by Gasteiger charge is -2.11. The maximum atomic E-state index is 12.5. The van der Waals surface area contributed by atoms with E-state index in [1.807, 2.05) is 0 Å². The van der Waals surface area contributed by atoms with Crippen molar-refractivity contribution in [1.29, 1.82) is 0 Å². The van der Waals surface area contributed by atoms with Gasteiger partial charge in [-0.3, -0.25) is 0 Å². The van der Waals surface area contributed by atoms with Crippen LogP contribution in [0.4, 0.5) is 19.0 Å². The standard InChI is InChI=1S/C14H13BrF3N3O2S/c15-7-11-12(24(19,22)23)5-6-13(21-11)20-8-9-1-3-10(4-2-9)14(16,17)18/h1-6H,7-8H2,(H,20,21)(H2,19,22,23). The van der Waals surface area contributed by atoms with Gasteiger partial charge in [0.25, 0.3) is 0 Å². The van der Waals surface area contributed by atoms with Gasteiger partial charge in [0.1, 0.15) is 10.7 Å². The summed E-state index contributed by atoms with van der Waals surface area (Å²) in [5.74, 6) is 0.386. The van der Waals surface area contributed by atoms with Crippen molar-refractivity contribution in [2.24, 2.45) is 5.14 Å². The van der Waals surface area contributed by atoms with E-state index in [0.29, 0.717) is 11.4 Å². The number of sulfonamides is 1. The molecule has 1 heterocycles. The largest absolute Gasteiger partial charge is 0.416 e. The summed E-state index contributed by atoms with van der Waals surface area (Å²) < 4.78 is 60.3. The summed E-state index contributed by atoms with van der Waals surface area (Å²) in [4.78, 5) is 4.05. The average molecular weight is 424 g/mol. The molecule has 0 bridgehead atoms. The average Bonchev–Trinajstić information content (AvgIpc) is 2.51. The number of nitrogens with one attached hydrogen (secondary N) is 1. The number of hydrogen-bond acceptors (Lipinski definition) is 4. The van der Waals surface area contributed by atoms with Crippen molar-refractivity contribution in [3.63, 3.8) is 0 Å². The van der Waals surface area contributed by atoms with Crippen LogP contribution in [0.3, 0.4) is 0 Å². The first-order chi connectivity index (χ1) is 11.1. The first-order valence-electron chi connectivity index (χ1n) is 6.60. The number of hydrogen-bond donors (Lipinski definition) is 2. The minimum atomic E-state index is -4.37. The van der Waals surface area contributed by atoms with Crippen LogP contribution in [0.15, 0.2) is 41.3 Å². The van der Waals surface area contributed by atoms with Gasteiger partial charge in [0.15, 0.2) is 0 Å². The highest BCUT2D eigenvalue weighted by atomic mass is 79.9. The number of aromatic nitrogens is 1. The number of alkyl halides is 4. The molecule has 0 saturated carbocycles. The molecule has 0 saturated heterocycles. The Hall–Kier alpha value is -1.65. The minimum absolute atomic E-state index is 0.0838. The SMILES string of the molecule is NS(=O)(=O)c1ccc(NCc2ccc(C(F)(F)F)cc2)nc1CBr. The zero-order chi connectivity index (χ0) is 18.0. The van der Waals surface area contributed by atoms with Crippen LogP contribution in [0.25, 0.3) is 0 Å². The first-order valence-corrected chi connectivity index (χ1v) is 9.27. The number of nitrogens with two attached hydrogens (primary N) is 1. The van der Waals surface area contributed by atoms with Crippen LogP contribution in [0.2, 0.25) is 0 Å². The Labute approximate surface area is 145 Å². The summed E-state index contributed by atoms with van der Waals surface area (Å²) >= 11 is 3.14. The molecule has 0 spiro atoms. The van der Waals surface area contributed by atoms with Gasteiger partial charge < -0.3 is 5.32 Å². The summed E-state index contributed by atoms with van der Waals surface area (Å²) in [5.41, 5.74) is 0.152. The Morgan fingerprint density at radius 1 is 1.12 bits per heavy atom. The van der Waals surface area contributed by atoms with Crippen molar-refractivity contribution >= 4 is 31.8 Å². The van der Waals surface area contributed by atoms with Crippen LogP contribution in [0.1, 0.15) is 16.8 Å². The number of anilines is 1. The number of primary sulfonamides is 1. The molecule has 10 heteroatoms. The predicted molar refractivity (Wildman–Crippen MR) is 87.0 cm³/mol. The van der Waals surface area contributed by atoms with E-state index in [1.165, 1.54) is 24.3 Å². The normalized spacial score (nSPS) is 12.2. The van der Waals surface area contributed by atoms with Gasteiger partial charge >= 0.3 is 6.18 Å². The molecule has 0 radical (unpaired) electrons. The van der Waals surface area contributed by atoms with E-state index >= 15 is 0 Å². The van der Waals surface area contributed by atoms with E-state index < -0.39 is 21.8 Å². The highest BCUT2D eigenvalue weighted by Crippen LogP contribution is 2.29. The summed E-state index contributed by atoms with van der Waals surface area (Å²) in [5, 5.41) is 8.21. The second-order valence-electron chi connectivity index (χ2n) is 4.87. The lowest BCUT2D eigenvalue weighted by Crippen LogP contribution is -2.15. The minimum Gasteiger partial charge on any atom is -0.366 e. The first kappa shape index (κ1) is 18.7. The second-order valence-corrected chi connectivity index (χ2v) is 6.96. The fourth-order valence-corrected chi connectivity index (χ4v) is 3.26. The smallest absolute Gasteiger partial charge is 0.366 e. The van der Waals surface area contributed by atoms with Crippen LogP contribution in [0, 0.1) is 0 Å². The summed E-state index contributed by atoms with van der Waals surface area (Å²) in [6.07, 6.45) is -4.37. The Balaban J connectivity index is 2.12. The van der Waals surface area contributed by atoms with E-state index in [0.717, 1.165) is 12.1 Å². The van der Waals surface area contributed by atoms with Crippen LogP contribution >= 0.6 is 15.9 Å². The van der Waals surface area contributed by atoms with Crippen molar-refractivity contribution in [1.82, 2.24) is 4.98 Å².